The van der Waals surface area contributed by atoms with Gasteiger partial charge in [0.15, 0.2) is 0 Å². The van der Waals surface area contributed by atoms with Gasteiger partial charge in [-0.1, -0.05) is 30.3 Å². The second kappa shape index (κ2) is 7.62. The average molecular weight is 411 g/mol. The maximum atomic E-state index is 13.1. The molecule has 3 aromatic rings. The number of nitrogens with one attached hydrogen (secondary N) is 2. The Morgan fingerprint density at radius 1 is 1.00 bits per heavy atom. The molecule has 2 unspecified atom stereocenters. The topological polar surface area (TPSA) is 71.1 Å². The zero-order valence-corrected chi connectivity index (χ0v) is 15.5. The highest BCUT2D eigenvalue weighted by Gasteiger charge is 2.41. The summed E-state index contributed by atoms with van der Waals surface area (Å²) in [4.78, 5) is 29.8. The van der Waals surface area contributed by atoms with Crippen LogP contribution in [0.25, 0.3) is 0 Å². The van der Waals surface area contributed by atoms with Gasteiger partial charge < -0.3 is 10.6 Å². The molecule has 1 aliphatic heterocycles. The third-order valence-electron chi connectivity index (χ3n) is 4.94. The standard InChI is InChI=1S/C22H16F3N3O2/c23-22(24,25)14-6-3-7-15(11-14)27-21(30)20(29)18-16-8-1-2-9-17(16)28-19(18)13-5-4-10-26-12-13/h1-12,18-19,28H,(H,27,30). The summed E-state index contributed by atoms with van der Waals surface area (Å²) in [5, 5.41) is 5.54. The number of hydrogen-bond donors (Lipinski definition) is 2. The highest BCUT2D eigenvalue weighted by molar-refractivity contribution is 6.43. The molecule has 2 N–H and O–H groups in total. The van der Waals surface area contributed by atoms with Crippen LogP contribution in [0.2, 0.25) is 0 Å². The van der Waals surface area contributed by atoms with E-state index in [0.29, 0.717) is 5.56 Å². The van der Waals surface area contributed by atoms with Gasteiger partial charge in [-0.05, 0) is 41.5 Å². The molecule has 2 atom stereocenters. The first-order valence-corrected chi connectivity index (χ1v) is 9.12. The molecule has 0 bridgehead atoms. The second-order valence-corrected chi connectivity index (χ2v) is 6.87. The van der Waals surface area contributed by atoms with Crippen LogP contribution >= 0.6 is 0 Å². The number of hydrogen-bond acceptors (Lipinski definition) is 4. The first-order chi connectivity index (χ1) is 14.3. The molecule has 5 nitrogen and oxygen atoms in total. The predicted octanol–water partition coefficient (Wildman–Crippen LogP) is 4.56. The van der Waals surface area contributed by atoms with Gasteiger partial charge in [0.2, 0.25) is 5.78 Å². The van der Waals surface area contributed by atoms with Gasteiger partial charge in [0.25, 0.3) is 5.91 Å². The van der Waals surface area contributed by atoms with Gasteiger partial charge in [0.05, 0.1) is 17.5 Å². The van der Waals surface area contributed by atoms with Gasteiger partial charge in [0, 0.05) is 23.8 Å². The van der Waals surface area contributed by atoms with Crippen molar-refractivity contribution in [2.24, 2.45) is 0 Å². The molecule has 4 rings (SSSR count). The van der Waals surface area contributed by atoms with Crippen LogP contribution in [-0.2, 0) is 15.8 Å². The van der Waals surface area contributed by atoms with E-state index in [2.05, 4.69) is 15.6 Å². The number of ketones is 1. The van der Waals surface area contributed by atoms with Crippen molar-refractivity contribution in [3.05, 3.63) is 89.7 Å². The lowest BCUT2D eigenvalue weighted by Gasteiger charge is -2.19. The van der Waals surface area contributed by atoms with Crippen LogP contribution in [0, 0.1) is 0 Å². The number of fused-ring (bicyclic) bond motifs is 1. The number of rotatable bonds is 4. The Labute approximate surface area is 170 Å². The maximum Gasteiger partial charge on any atom is 0.416 e. The van der Waals surface area contributed by atoms with Crippen molar-refractivity contribution in [1.82, 2.24) is 4.98 Å². The molecular formula is C22H16F3N3O2. The van der Waals surface area contributed by atoms with Gasteiger partial charge in [-0.25, -0.2) is 0 Å². The van der Waals surface area contributed by atoms with E-state index in [1.165, 1.54) is 12.1 Å². The van der Waals surface area contributed by atoms with Crippen LogP contribution in [0.15, 0.2) is 73.1 Å². The molecule has 152 valence electrons. The van der Waals surface area contributed by atoms with Gasteiger partial charge in [0.1, 0.15) is 0 Å². The molecule has 0 fully saturated rings. The van der Waals surface area contributed by atoms with Crippen LogP contribution in [0.1, 0.15) is 28.7 Å². The van der Waals surface area contributed by atoms with Crippen LogP contribution in [0.4, 0.5) is 24.5 Å². The molecule has 8 heteroatoms. The summed E-state index contributed by atoms with van der Waals surface area (Å²) in [5.41, 5.74) is 1.08. The van der Waals surface area contributed by atoms with Crippen molar-refractivity contribution < 1.29 is 22.8 Å². The zero-order valence-electron chi connectivity index (χ0n) is 15.5. The minimum absolute atomic E-state index is 0.0969. The number of amides is 1. The lowest BCUT2D eigenvalue weighted by Crippen LogP contribution is -2.31. The predicted molar refractivity (Wildman–Crippen MR) is 105 cm³/mol. The number of nitrogens with zero attached hydrogens (tertiary/aromatic N) is 1. The lowest BCUT2D eigenvalue weighted by molar-refractivity contribution is -0.137. The molecule has 0 spiro atoms. The quantitative estimate of drug-likeness (QED) is 0.618. The number of carbonyl (C=O) groups excluding carboxylic acids is 2. The van der Waals surface area contributed by atoms with E-state index in [1.807, 2.05) is 6.07 Å². The highest BCUT2D eigenvalue weighted by Crippen LogP contribution is 2.44. The van der Waals surface area contributed by atoms with E-state index in [0.717, 1.165) is 23.4 Å². The molecule has 1 aromatic heterocycles. The molecule has 30 heavy (non-hydrogen) atoms. The number of alkyl halides is 3. The Balaban J connectivity index is 1.62. The Morgan fingerprint density at radius 3 is 2.53 bits per heavy atom. The number of anilines is 2. The Bertz CT molecular complexity index is 1100. The summed E-state index contributed by atoms with van der Waals surface area (Å²) in [6.07, 6.45) is -1.35. The van der Waals surface area contributed by atoms with Crippen molar-refractivity contribution in [1.29, 1.82) is 0 Å². The maximum absolute atomic E-state index is 13.1. The molecule has 0 saturated heterocycles. The largest absolute Gasteiger partial charge is 0.416 e. The van der Waals surface area contributed by atoms with E-state index in [9.17, 15) is 22.8 Å². The molecule has 0 saturated carbocycles. The smallest absolute Gasteiger partial charge is 0.377 e. The molecule has 0 radical (unpaired) electrons. The van der Waals surface area contributed by atoms with Crippen molar-refractivity contribution in [2.75, 3.05) is 10.6 Å². The normalized spacial score (nSPS) is 17.7. The summed E-state index contributed by atoms with van der Waals surface area (Å²) >= 11 is 0. The summed E-state index contributed by atoms with van der Waals surface area (Å²) in [5.74, 6) is -2.57. The van der Waals surface area contributed by atoms with E-state index < -0.39 is 35.4 Å². The number of para-hydroxylation sites is 1. The first kappa shape index (κ1) is 19.6. The van der Waals surface area contributed by atoms with Crippen LogP contribution in [0.3, 0.4) is 0 Å². The van der Waals surface area contributed by atoms with Gasteiger partial charge in [-0.3, -0.25) is 14.6 Å². The Kier molecular flexibility index (Phi) is 4.99. The van der Waals surface area contributed by atoms with Crippen LogP contribution < -0.4 is 10.6 Å². The molecule has 1 amide bonds. The highest BCUT2D eigenvalue weighted by atomic mass is 19.4. The number of carbonyl (C=O) groups is 2. The second-order valence-electron chi connectivity index (χ2n) is 6.87. The summed E-state index contributed by atoms with van der Waals surface area (Å²) in [6.45, 7) is 0. The van der Waals surface area contributed by atoms with Crippen molar-refractivity contribution in [2.45, 2.75) is 18.1 Å². The van der Waals surface area contributed by atoms with Crippen LogP contribution in [0.5, 0.6) is 0 Å². The van der Waals surface area contributed by atoms with Crippen molar-refractivity contribution >= 4 is 23.1 Å². The summed E-state index contributed by atoms with van der Waals surface area (Å²) in [6, 6.07) is 14.3. The Morgan fingerprint density at radius 2 is 1.80 bits per heavy atom. The molecule has 2 heterocycles. The van der Waals surface area contributed by atoms with Gasteiger partial charge in [-0.2, -0.15) is 13.2 Å². The molecular weight excluding hydrogens is 395 g/mol. The summed E-state index contributed by atoms with van der Waals surface area (Å²) < 4.78 is 38.8. The van der Waals surface area contributed by atoms with Crippen molar-refractivity contribution in [3.63, 3.8) is 0 Å². The first-order valence-electron chi connectivity index (χ1n) is 9.12. The third kappa shape index (κ3) is 3.76. The zero-order chi connectivity index (χ0) is 21.3. The number of Topliss-reactive ketones (excluding diaryl/α,β-unsaturated/α-hetero) is 1. The van der Waals surface area contributed by atoms with E-state index in [1.54, 1.807) is 42.7 Å². The fourth-order valence-electron chi connectivity index (χ4n) is 3.57. The fraction of sp³-hybridized carbons (Fsp3) is 0.136. The lowest BCUT2D eigenvalue weighted by atomic mass is 9.87. The van der Waals surface area contributed by atoms with Crippen molar-refractivity contribution in [3.8, 4) is 0 Å². The minimum Gasteiger partial charge on any atom is -0.377 e. The van der Waals surface area contributed by atoms with E-state index in [4.69, 9.17) is 0 Å². The number of aromatic nitrogens is 1. The van der Waals surface area contributed by atoms with E-state index >= 15 is 0 Å². The molecule has 2 aromatic carbocycles. The number of pyridine rings is 1. The minimum atomic E-state index is -4.55. The average Bonchev–Trinajstić information content (AvgIpc) is 3.13. The SMILES string of the molecule is O=C(Nc1cccc(C(F)(F)F)c1)C(=O)C1c2ccccc2NC1c1cccnc1. The Hall–Kier alpha value is -3.68. The third-order valence-corrected chi connectivity index (χ3v) is 4.94. The van der Waals surface area contributed by atoms with Gasteiger partial charge in [-0.15, -0.1) is 0 Å². The van der Waals surface area contributed by atoms with Crippen LogP contribution in [-0.4, -0.2) is 16.7 Å². The summed E-state index contributed by atoms with van der Waals surface area (Å²) in [7, 11) is 0. The number of halogens is 3. The molecule has 1 aliphatic rings. The number of benzene rings is 2. The van der Waals surface area contributed by atoms with Gasteiger partial charge >= 0.3 is 6.18 Å². The van der Waals surface area contributed by atoms with E-state index in [-0.39, 0.29) is 5.69 Å². The molecule has 0 aliphatic carbocycles. The monoisotopic (exact) mass is 411 g/mol. The fourth-order valence-corrected chi connectivity index (χ4v) is 3.57.